The number of hydrogen-bond acceptors (Lipinski definition) is 4. The van der Waals surface area contributed by atoms with E-state index in [0.717, 1.165) is 18.8 Å². The van der Waals surface area contributed by atoms with Crippen molar-refractivity contribution in [2.75, 3.05) is 16.8 Å². The lowest BCUT2D eigenvalue weighted by molar-refractivity contribution is 0.101. The maximum absolute atomic E-state index is 12.5. The standard InChI is InChI=1S/C22H19N3O2/c1-15(26)17-6-4-7-19(13-17)24-22(27)18-9-10-21(23-14-18)25-12-11-16-5-2-3-8-20(16)25/h2-10,13-14H,11-12H2,1H3,(H,24,27). The molecular weight excluding hydrogens is 338 g/mol. The molecule has 0 saturated heterocycles. The first kappa shape index (κ1) is 17.0. The molecule has 1 aromatic heterocycles. The van der Waals surface area contributed by atoms with Gasteiger partial charge in [-0.15, -0.1) is 0 Å². The van der Waals surface area contributed by atoms with Crippen molar-refractivity contribution in [3.05, 3.63) is 83.6 Å². The molecule has 0 unspecified atom stereocenters. The number of nitrogens with zero attached hydrogens (tertiary/aromatic N) is 2. The van der Waals surface area contributed by atoms with Gasteiger partial charge in [0.2, 0.25) is 0 Å². The first-order valence-corrected chi connectivity index (χ1v) is 8.86. The minimum Gasteiger partial charge on any atom is -0.326 e. The second-order valence-electron chi connectivity index (χ2n) is 6.53. The van der Waals surface area contributed by atoms with Gasteiger partial charge in [0.05, 0.1) is 5.56 Å². The van der Waals surface area contributed by atoms with Crippen molar-refractivity contribution < 1.29 is 9.59 Å². The van der Waals surface area contributed by atoms with E-state index in [4.69, 9.17) is 0 Å². The molecule has 5 nitrogen and oxygen atoms in total. The highest BCUT2D eigenvalue weighted by Gasteiger charge is 2.20. The SMILES string of the molecule is CC(=O)c1cccc(NC(=O)c2ccc(N3CCc4ccccc43)nc2)c1. The molecule has 0 spiro atoms. The summed E-state index contributed by atoms with van der Waals surface area (Å²) in [6.07, 6.45) is 2.58. The number of carbonyl (C=O) groups excluding carboxylic acids is 2. The lowest BCUT2D eigenvalue weighted by Crippen LogP contribution is -2.16. The van der Waals surface area contributed by atoms with E-state index in [0.29, 0.717) is 16.8 Å². The molecule has 1 amide bonds. The van der Waals surface area contributed by atoms with Gasteiger partial charge in [0.15, 0.2) is 5.78 Å². The zero-order valence-electron chi connectivity index (χ0n) is 15.0. The lowest BCUT2D eigenvalue weighted by Gasteiger charge is -2.18. The molecule has 0 saturated carbocycles. The number of Topliss-reactive ketones (excluding diaryl/α,β-unsaturated/α-hetero) is 1. The molecule has 1 aliphatic heterocycles. The minimum absolute atomic E-state index is 0.0389. The van der Waals surface area contributed by atoms with Crippen LogP contribution in [0.4, 0.5) is 17.2 Å². The summed E-state index contributed by atoms with van der Waals surface area (Å²) in [6, 6.07) is 18.8. The van der Waals surface area contributed by atoms with E-state index in [1.807, 2.05) is 18.2 Å². The Labute approximate surface area is 157 Å². The Morgan fingerprint density at radius 2 is 1.85 bits per heavy atom. The molecule has 2 aromatic carbocycles. The van der Waals surface area contributed by atoms with Gasteiger partial charge in [-0.2, -0.15) is 0 Å². The smallest absolute Gasteiger partial charge is 0.257 e. The molecule has 0 aliphatic carbocycles. The van der Waals surface area contributed by atoms with Gasteiger partial charge in [-0.3, -0.25) is 9.59 Å². The fourth-order valence-corrected chi connectivity index (χ4v) is 3.28. The van der Waals surface area contributed by atoms with Crippen LogP contribution in [0.25, 0.3) is 0 Å². The number of fused-ring (bicyclic) bond motifs is 1. The zero-order chi connectivity index (χ0) is 18.8. The van der Waals surface area contributed by atoms with Crippen molar-refractivity contribution in [3.63, 3.8) is 0 Å². The number of anilines is 3. The van der Waals surface area contributed by atoms with Crippen molar-refractivity contribution in [3.8, 4) is 0 Å². The number of amides is 1. The maximum atomic E-state index is 12.5. The molecule has 2 heterocycles. The van der Waals surface area contributed by atoms with Gasteiger partial charge in [0.25, 0.3) is 5.91 Å². The van der Waals surface area contributed by atoms with Crippen LogP contribution in [-0.2, 0) is 6.42 Å². The fraction of sp³-hybridized carbons (Fsp3) is 0.136. The molecule has 4 rings (SSSR count). The van der Waals surface area contributed by atoms with Crippen LogP contribution >= 0.6 is 0 Å². The predicted molar refractivity (Wildman–Crippen MR) is 106 cm³/mol. The lowest BCUT2D eigenvalue weighted by atomic mass is 10.1. The summed E-state index contributed by atoms with van der Waals surface area (Å²) in [7, 11) is 0. The van der Waals surface area contributed by atoms with E-state index < -0.39 is 0 Å². The van der Waals surface area contributed by atoms with Gasteiger partial charge in [-0.1, -0.05) is 30.3 Å². The van der Waals surface area contributed by atoms with Crippen molar-refractivity contribution in [1.29, 1.82) is 0 Å². The maximum Gasteiger partial charge on any atom is 0.257 e. The largest absolute Gasteiger partial charge is 0.326 e. The molecule has 3 aromatic rings. The third kappa shape index (κ3) is 3.44. The summed E-state index contributed by atoms with van der Waals surface area (Å²) < 4.78 is 0. The Balaban J connectivity index is 1.50. The number of para-hydroxylation sites is 1. The zero-order valence-corrected chi connectivity index (χ0v) is 15.0. The molecule has 0 fully saturated rings. The summed E-state index contributed by atoms with van der Waals surface area (Å²) in [5.41, 5.74) is 4.11. The molecule has 0 atom stereocenters. The monoisotopic (exact) mass is 357 g/mol. The van der Waals surface area contributed by atoms with E-state index in [9.17, 15) is 9.59 Å². The van der Waals surface area contributed by atoms with E-state index in [1.54, 1.807) is 36.5 Å². The minimum atomic E-state index is -0.253. The molecule has 5 heteroatoms. The van der Waals surface area contributed by atoms with E-state index in [2.05, 4.69) is 27.3 Å². The Morgan fingerprint density at radius 1 is 1.00 bits per heavy atom. The summed E-state index contributed by atoms with van der Waals surface area (Å²) >= 11 is 0. The Morgan fingerprint density at radius 3 is 2.63 bits per heavy atom. The van der Waals surface area contributed by atoms with Crippen molar-refractivity contribution in [1.82, 2.24) is 4.98 Å². The number of ketones is 1. The van der Waals surface area contributed by atoms with Gasteiger partial charge >= 0.3 is 0 Å². The molecule has 1 aliphatic rings. The van der Waals surface area contributed by atoms with Crippen molar-refractivity contribution in [2.45, 2.75) is 13.3 Å². The van der Waals surface area contributed by atoms with E-state index in [-0.39, 0.29) is 11.7 Å². The number of carbonyl (C=O) groups is 2. The summed E-state index contributed by atoms with van der Waals surface area (Å²) in [5.74, 6) is 0.537. The summed E-state index contributed by atoms with van der Waals surface area (Å²) in [4.78, 5) is 30.6. The highest BCUT2D eigenvalue weighted by molar-refractivity contribution is 6.05. The first-order valence-electron chi connectivity index (χ1n) is 8.86. The number of aromatic nitrogens is 1. The molecule has 27 heavy (non-hydrogen) atoms. The van der Waals surface area contributed by atoms with Gasteiger partial charge in [-0.25, -0.2) is 4.98 Å². The second-order valence-corrected chi connectivity index (χ2v) is 6.53. The normalized spacial score (nSPS) is 12.6. The van der Waals surface area contributed by atoms with Crippen LogP contribution < -0.4 is 10.2 Å². The first-order chi connectivity index (χ1) is 13.1. The number of pyridine rings is 1. The third-order valence-electron chi connectivity index (χ3n) is 4.70. The van der Waals surface area contributed by atoms with Crippen LogP contribution in [0.3, 0.4) is 0 Å². The van der Waals surface area contributed by atoms with Crippen molar-refractivity contribution >= 4 is 28.9 Å². The highest BCUT2D eigenvalue weighted by atomic mass is 16.1. The van der Waals surface area contributed by atoms with Crippen LogP contribution in [-0.4, -0.2) is 23.2 Å². The summed E-state index contributed by atoms with van der Waals surface area (Å²) in [6.45, 7) is 2.38. The average molecular weight is 357 g/mol. The molecule has 0 bridgehead atoms. The van der Waals surface area contributed by atoms with Crippen LogP contribution in [0.5, 0.6) is 0 Å². The molecule has 1 N–H and O–H groups in total. The number of nitrogens with one attached hydrogen (secondary N) is 1. The Bertz CT molecular complexity index is 1010. The fourth-order valence-electron chi connectivity index (χ4n) is 3.28. The van der Waals surface area contributed by atoms with Gasteiger partial charge in [0, 0.05) is 29.7 Å². The van der Waals surface area contributed by atoms with E-state index >= 15 is 0 Å². The Hall–Kier alpha value is -3.47. The quantitative estimate of drug-likeness (QED) is 0.710. The third-order valence-corrected chi connectivity index (χ3v) is 4.70. The average Bonchev–Trinajstić information content (AvgIpc) is 3.12. The topological polar surface area (TPSA) is 62.3 Å². The number of rotatable bonds is 4. The van der Waals surface area contributed by atoms with Crippen LogP contribution in [0.2, 0.25) is 0 Å². The van der Waals surface area contributed by atoms with Gasteiger partial charge < -0.3 is 10.2 Å². The second kappa shape index (κ2) is 7.03. The summed E-state index contributed by atoms with van der Waals surface area (Å²) in [5, 5.41) is 2.81. The van der Waals surface area contributed by atoms with Crippen LogP contribution in [0.1, 0.15) is 33.2 Å². The van der Waals surface area contributed by atoms with Crippen LogP contribution in [0, 0.1) is 0 Å². The van der Waals surface area contributed by atoms with E-state index in [1.165, 1.54) is 18.2 Å². The van der Waals surface area contributed by atoms with Crippen molar-refractivity contribution in [2.24, 2.45) is 0 Å². The Kier molecular flexibility index (Phi) is 4.42. The highest BCUT2D eigenvalue weighted by Crippen LogP contribution is 2.33. The van der Waals surface area contributed by atoms with Gasteiger partial charge in [-0.05, 0) is 49.2 Å². The molecule has 0 radical (unpaired) electrons. The molecule has 134 valence electrons. The number of benzene rings is 2. The molecular formula is C22H19N3O2. The van der Waals surface area contributed by atoms with Crippen LogP contribution in [0.15, 0.2) is 66.9 Å². The predicted octanol–water partition coefficient (Wildman–Crippen LogP) is 4.23. The number of hydrogen-bond donors (Lipinski definition) is 1. The van der Waals surface area contributed by atoms with Gasteiger partial charge in [0.1, 0.15) is 5.82 Å².